The standard InChI is InChI=1S/C20H21ClN4O/c1-20(2,3)25-19-23-17(13-7-5-4-6-8-13)12-18(24-19)22-16-10-9-14(26)11-15(16)21/h4-12,26H,1-3H3,(H2,22,23,24,25). The molecule has 0 spiro atoms. The number of anilines is 3. The molecule has 0 fully saturated rings. The second-order valence-electron chi connectivity index (χ2n) is 6.99. The summed E-state index contributed by atoms with van der Waals surface area (Å²) in [6.45, 7) is 6.15. The Kier molecular flexibility index (Phi) is 5.00. The molecule has 134 valence electrons. The van der Waals surface area contributed by atoms with Crippen LogP contribution in [0.25, 0.3) is 11.3 Å². The van der Waals surface area contributed by atoms with E-state index in [9.17, 15) is 5.11 Å². The number of phenolic OH excluding ortho intramolecular Hbond substituents is 1. The first-order valence-corrected chi connectivity index (χ1v) is 8.66. The molecular formula is C20H21ClN4O. The molecule has 0 amide bonds. The van der Waals surface area contributed by atoms with Crippen molar-refractivity contribution in [3.63, 3.8) is 0 Å². The van der Waals surface area contributed by atoms with E-state index >= 15 is 0 Å². The van der Waals surface area contributed by atoms with Crippen molar-refractivity contribution in [1.82, 2.24) is 9.97 Å². The lowest BCUT2D eigenvalue weighted by Crippen LogP contribution is -2.27. The van der Waals surface area contributed by atoms with Crippen LogP contribution in [0.2, 0.25) is 5.02 Å². The molecule has 3 rings (SSSR count). The summed E-state index contributed by atoms with van der Waals surface area (Å²) in [7, 11) is 0. The monoisotopic (exact) mass is 368 g/mol. The quantitative estimate of drug-likeness (QED) is 0.533. The van der Waals surface area contributed by atoms with Gasteiger partial charge in [-0.1, -0.05) is 41.9 Å². The lowest BCUT2D eigenvalue weighted by molar-refractivity contribution is 0.475. The maximum absolute atomic E-state index is 9.52. The highest BCUT2D eigenvalue weighted by Crippen LogP contribution is 2.30. The Hall–Kier alpha value is -2.79. The number of aromatic hydroxyl groups is 1. The summed E-state index contributed by atoms with van der Waals surface area (Å²) in [6.07, 6.45) is 0. The van der Waals surface area contributed by atoms with Gasteiger partial charge in [0.1, 0.15) is 11.6 Å². The Morgan fingerprint density at radius 2 is 1.69 bits per heavy atom. The first-order valence-electron chi connectivity index (χ1n) is 8.28. The fourth-order valence-corrected chi connectivity index (χ4v) is 2.62. The molecule has 0 saturated heterocycles. The van der Waals surface area contributed by atoms with Gasteiger partial charge < -0.3 is 15.7 Å². The second kappa shape index (κ2) is 7.22. The Bertz CT molecular complexity index is 907. The summed E-state index contributed by atoms with van der Waals surface area (Å²) in [4.78, 5) is 9.18. The third-order valence-corrected chi connectivity index (χ3v) is 3.81. The first-order chi connectivity index (χ1) is 12.3. The fourth-order valence-electron chi connectivity index (χ4n) is 2.40. The van der Waals surface area contributed by atoms with Gasteiger partial charge in [-0.05, 0) is 32.9 Å². The van der Waals surface area contributed by atoms with Gasteiger partial charge in [0.15, 0.2) is 0 Å². The molecule has 26 heavy (non-hydrogen) atoms. The van der Waals surface area contributed by atoms with E-state index in [1.54, 1.807) is 12.1 Å². The van der Waals surface area contributed by atoms with Crippen molar-refractivity contribution in [3.05, 3.63) is 59.6 Å². The van der Waals surface area contributed by atoms with Gasteiger partial charge in [-0.3, -0.25) is 0 Å². The van der Waals surface area contributed by atoms with E-state index in [4.69, 9.17) is 11.6 Å². The fraction of sp³-hybridized carbons (Fsp3) is 0.200. The van der Waals surface area contributed by atoms with Gasteiger partial charge in [-0.15, -0.1) is 0 Å². The minimum Gasteiger partial charge on any atom is -0.508 e. The molecule has 0 saturated carbocycles. The predicted octanol–water partition coefficient (Wildman–Crippen LogP) is 5.46. The molecule has 0 bridgehead atoms. The van der Waals surface area contributed by atoms with Gasteiger partial charge in [0.25, 0.3) is 0 Å². The summed E-state index contributed by atoms with van der Waals surface area (Å²) >= 11 is 6.20. The molecule has 5 nitrogen and oxygen atoms in total. The number of aromatic nitrogens is 2. The van der Waals surface area contributed by atoms with Crippen LogP contribution in [0.1, 0.15) is 20.8 Å². The number of benzene rings is 2. The van der Waals surface area contributed by atoms with Crippen molar-refractivity contribution in [1.29, 1.82) is 0 Å². The van der Waals surface area contributed by atoms with Crippen LogP contribution in [0.15, 0.2) is 54.6 Å². The molecule has 0 aliphatic heterocycles. The van der Waals surface area contributed by atoms with Crippen molar-refractivity contribution in [2.45, 2.75) is 26.3 Å². The largest absolute Gasteiger partial charge is 0.508 e. The van der Waals surface area contributed by atoms with Gasteiger partial charge in [0, 0.05) is 23.2 Å². The molecule has 3 aromatic rings. The van der Waals surface area contributed by atoms with E-state index in [1.165, 1.54) is 6.07 Å². The summed E-state index contributed by atoms with van der Waals surface area (Å²) < 4.78 is 0. The van der Waals surface area contributed by atoms with Gasteiger partial charge >= 0.3 is 0 Å². The molecule has 0 atom stereocenters. The van der Waals surface area contributed by atoms with Gasteiger partial charge in [0.2, 0.25) is 5.95 Å². The summed E-state index contributed by atoms with van der Waals surface area (Å²) in [5.74, 6) is 1.25. The molecule has 1 aromatic heterocycles. The highest BCUT2D eigenvalue weighted by Gasteiger charge is 2.14. The third-order valence-electron chi connectivity index (χ3n) is 3.50. The van der Waals surface area contributed by atoms with E-state index in [2.05, 4.69) is 41.4 Å². The molecule has 0 radical (unpaired) electrons. The summed E-state index contributed by atoms with van der Waals surface area (Å²) in [5.41, 5.74) is 2.27. The number of nitrogens with zero attached hydrogens (tertiary/aromatic N) is 2. The molecule has 2 aromatic carbocycles. The number of halogens is 1. The highest BCUT2D eigenvalue weighted by atomic mass is 35.5. The van der Waals surface area contributed by atoms with E-state index < -0.39 is 0 Å². The number of nitrogens with one attached hydrogen (secondary N) is 2. The Morgan fingerprint density at radius 1 is 0.962 bits per heavy atom. The minimum atomic E-state index is -0.178. The van der Waals surface area contributed by atoms with Gasteiger partial charge in [-0.25, -0.2) is 4.98 Å². The lowest BCUT2D eigenvalue weighted by Gasteiger charge is -2.21. The normalized spacial score (nSPS) is 11.2. The second-order valence-corrected chi connectivity index (χ2v) is 7.40. The zero-order chi connectivity index (χ0) is 18.7. The topological polar surface area (TPSA) is 70.1 Å². The first kappa shape index (κ1) is 18.0. The maximum atomic E-state index is 9.52. The zero-order valence-electron chi connectivity index (χ0n) is 14.9. The van der Waals surface area contributed by atoms with E-state index in [0.29, 0.717) is 22.5 Å². The van der Waals surface area contributed by atoms with E-state index in [1.807, 2.05) is 36.4 Å². The van der Waals surface area contributed by atoms with Gasteiger partial charge in [-0.2, -0.15) is 4.98 Å². The molecule has 6 heteroatoms. The molecule has 0 unspecified atom stereocenters. The Labute approximate surface area is 158 Å². The summed E-state index contributed by atoms with van der Waals surface area (Å²) in [5, 5.41) is 16.4. The average molecular weight is 369 g/mol. The SMILES string of the molecule is CC(C)(C)Nc1nc(Nc2ccc(O)cc2Cl)cc(-c2ccccc2)n1. The highest BCUT2D eigenvalue weighted by molar-refractivity contribution is 6.33. The van der Waals surface area contributed by atoms with Crippen molar-refractivity contribution in [3.8, 4) is 17.0 Å². The van der Waals surface area contributed by atoms with Crippen LogP contribution in [0.5, 0.6) is 5.75 Å². The minimum absolute atomic E-state index is 0.114. The molecule has 0 aliphatic carbocycles. The number of hydrogen-bond acceptors (Lipinski definition) is 5. The Morgan fingerprint density at radius 3 is 2.35 bits per heavy atom. The van der Waals surface area contributed by atoms with Crippen molar-refractivity contribution in [2.75, 3.05) is 10.6 Å². The average Bonchev–Trinajstić information content (AvgIpc) is 2.56. The van der Waals surface area contributed by atoms with E-state index in [0.717, 1.165) is 11.3 Å². The van der Waals surface area contributed by atoms with Crippen molar-refractivity contribution in [2.24, 2.45) is 0 Å². The van der Waals surface area contributed by atoms with E-state index in [-0.39, 0.29) is 11.3 Å². The Balaban J connectivity index is 2.01. The van der Waals surface area contributed by atoms with Crippen LogP contribution in [0.4, 0.5) is 17.5 Å². The van der Waals surface area contributed by atoms with Crippen molar-refractivity contribution < 1.29 is 5.11 Å². The molecular weight excluding hydrogens is 348 g/mol. The van der Waals surface area contributed by atoms with Crippen molar-refractivity contribution >= 4 is 29.1 Å². The third kappa shape index (κ3) is 4.64. The van der Waals surface area contributed by atoms with Crippen LogP contribution < -0.4 is 10.6 Å². The summed E-state index contributed by atoms with van der Waals surface area (Å²) in [6, 6.07) is 16.5. The van der Waals surface area contributed by atoms with Crippen LogP contribution in [0, 0.1) is 0 Å². The lowest BCUT2D eigenvalue weighted by atomic mass is 10.1. The van der Waals surface area contributed by atoms with Crippen LogP contribution in [0.3, 0.4) is 0 Å². The maximum Gasteiger partial charge on any atom is 0.225 e. The molecule has 0 aliphatic rings. The van der Waals surface area contributed by atoms with Gasteiger partial charge in [0.05, 0.1) is 16.4 Å². The number of phenols is 1. The zero-order valence-corrected chi connectivity index (χ0v) is 15.7. The van der Waals surface area contributed by atoms with Crippen LogP contribution in [-0.2, 0) is 0 Å². The smallest absolute Gasteiger partial charge is 0.225 e. The number of hydrogen-bond donors (Lipinski definition) is 3. The molecule has 1 heterocycles. The van der Waals surface area contributed by atoms with Crippen LogP contribution >= 0.6 is 11.6 Å². The predicted molar refractivity (Wildman–Crippen MR) is 107 cm³/mol. The molecule has 3 N–H and O–H groups in total. The number of rotatable bonds is 4. The van der Waals surface area contributed by atoms with Crippen LogP contribution in [-0.4, -0.2) is 20.6 Å².